The number of hydrogen-bond acceptors (Lipinski definition) is 7. The number of rotatable bonds is 5. The highest BCUT2D eigenvalue weighted by Gasteiger charge is 2.29. The minimum Gasteiger partial charge on any atom is -0.480 e. The summed E-state index contributed by atoms with van der Waals surface area (Å²) in [5, 5.41) is 2.15. The first-order valence-corrected chi connectivity index (χ1v) is 8.67. The molecule has 134 valence electrons. The molecule has 1 aromatic carbocycles. The monoisotopic (exact) mass is 372 g/mol. The summed E-state index contributed by atoms with van der Waals surface area (Å²) in [6.45, 7) is 1.77. The van der Waals surface area contributed by atoms with Crippen LogP contribution in [0.1, 0.15) is 28.5 Å². The summed E-state index contributed by atoms with van der Waals surface area (Å²) >= 11 is 1.28. The zero-order valence-corrected chi connectivity index (χ0v) is 15.1. The van der Waals surface area contributed by atoms with Crippen molar-refractivity contribution in [3.8, 4) is 5.88 Å². The van der Waals surface area contributed by atoms with Crippen molar-refractivity contribution in [1.82, 2.24) is 9.97 Å². The van der Waals surface area contributed by atoms with Crippen LogP contribution in [0.2, 0.25) is 0 Å². The van der Waals surface area contributed by atoms with E-state index in [9.17, 15) is 9.18 Å². The molecule has 0 saturated heterocycles. The third kappa shape index (κ3) is 3.75. The van der Waals surface area contributed by atoms with Crippen molar-refractivity contribution in [2.45, 2.75) is 18.9 Å². The number of benzene rings is 1. The smallest absolute Gasteiger partial charge is 0.232 e. The van der Waals surface area contributed by atoms with E-state index < -0.39 is 11.4 Å². The fraction of sp³-hybridized carbons (Fsp3) is 0.222. The van der Waals surface area contributed by atoms with Crippen LogP contribution in [0, 0.1) is 5.82 Å². The predicted molar refractivity (Wildman–Crippen MR) is 98.7 cm³/mol. The van der Waals surface area contributed by atoms with E-state index in [2.05, 4.69) is 15.0 Å². The van der Waals surface area contributed by atoms with E-state index in [1.54, 1.807) is 30.5 Å². The van der Waals surface area contributed by atoms with Crippen molar-refractivity contribution in [1.29, 1.82) is 0 Å². The van der Waals surface area contributed by atoms with Crippen molar-refractivity contribution in [2.75, 3.05) is 7.11 Å². The molecule has 3 rings (SSSR count). The molecule has 0 saturated carbocycles. The largest absolute Gasteiger partial charge is 0.480 e. The maximum absolute atomic E-state index is 14.4. The van der Waals surface area contributed by atoms with Crippen LogP contribution in [0.4, 0.5) is 4.39 Å². The molecule has 2 aromatic rings. The Morgan fingerprint density at radius 3 is 2.81 bits per heavy atom. The molecule has 0 fully saturated rings. The number of methoxy groups -OCH3 is 1. The lowest BCUT2D eigenvalue weighted by atomic mass is 9.90. The zero-order valence-electron chi connectivity index (χ0n) is 14.3. The predicted octanol–water partition coefficient (Wildman–Crippen LogP) is 2.84. The van der Waals surface area contributed by atoms with Crippen LogP contribution in [0.5, 0.6) is 5.88 Å². The number of amidine groups is 1. The minimum absolute atomic E-state index is 0.0715. The molecule has 8 heteroatoms. The molecular formula is C18H17FN4O2S. The van der Waals surface area contributed by atoms with E-state index in [1.165, 1.54) is 37.3 Å². The molecule has 2 heterocycles. The van der Waals surface area contributed by atoms with Gasteiger partial charge in [-0.3, -0.25) is 4.79 Å². The number of thioether (sulfide) groups is 1. The van der Waals surface area contributed by atoms with Gasteiger partial charge < -0.3 is 10.5 Å². The van der Waals surface area contributed by atoms with Crippen LogP contribution >= 0.6 is 11.8 Å². The highest BCUT2D eigenvalue weighted by atomic mass is 32.2. The summed E-state index contributed by atoms with van der Waals surface area (Å²) in [7, 11) is 1.47. The number of carbonyl (C=O) groups is 1. The summed E-state index contributed by atoms with van der Waals surface area (Å²) < 4.78 is 19.3. The summed E-state index contributed by atoms with van der Waals surface area (Å²) in [6, 6.07) is 4.55. The van der Waals surface area contributed by atoms with Crippen LogP contribution in [-0.2, 0) is 12.0 Å². The van der Waals surface area contributed by atoms with Crippen LogP contribution in [0.3, 0.4) is 0 Å². The average molecular weight is 372 g/mol. The Balaban J connectivity index is 1.86. The van der Waals surface area contributed by atoms with Gasteiger partial charge in [-0.05, 0) is 36.1 Å². The molecule has 0 unspecified atom stereocenters. The Labute approximate surface area is 154 Å². The number of ketones is 1. The first-order chi connectivity index (χ1) is 12.4. The lowest BCUT2D eigenvalue weighted by Crippen LogP contribution is -2.25. The minimum atomic E-state index is -0.904. The van der Waals surface area contributed by atoms with Gasteiger partial charge in [-0.2, -0.15) is 0 Å². The van der Waals surface area contributed by atoms with Gasteiger partial charge in [0.15, 0.2) is 11.0 Å². The Kier molecular flexibility index (Phi) is 5.03. The molecule has 2 N–H and O–H groups in total. The lowest BCUT2D eigenvalue weighted by molar-refractivity contribution is 0.0987. The summed E-state index contributed by atoms with van der Waals surface area (Å²) in [4.78, 5) is 24.8. The molecular weight excluding hydrogens is 355 g/mol. The van der Waals surface area contributed by atoms with Crippen molar-refractivity contribution in [3.05, 3.63) is 64.7 Å². The second-order valence-corrected chi connectivity index (χ2v) is 6.80. The fourth-order valence-corrected chi connectivity index (χ4v) is 3.31. The van der Waals surface area contributed by atoms with Crippen LogP contribution < -0.4 is 10.5 Å². The van der Waals surface area contributed by atoms with Crippen molar-refractivity contribution < 1.29 is 13.9 Å². The number of halogens is 1. The first-order valence-electron chi connectivity index (χ1n) is 7.79. The molecule has 1 aromatic heterocycles. The molecule has 6 nitrogen and oxygen atoms in total. The Hall–Kier alpha value is -2.74. The van der Waals surface area contributed by atoms with Crippen molar-refractivity contribution in [2.24, 2.45) is 10.7 Å². The Bertz CT molecular complexity index is 899. The summed E-state index contributed by atoms with van der Waals surface area (Å²) in [6.07, 6.45) is 4.60. The van der Waals surface area contributed by atoms with Gasteiger partial charge in [0, 0.05) is 12.0 Å². The van der Waals surface area contributed by atoms with E-state index in [0.717, 1.165) is 0 Å². The number of nitrogens with two attached hydrogens (primary N) is 1. The summed E-state index contributed by atoms with van der Waals surface area (Å²) in [5.74, 6) is -0.294. The zero-order chi connectivity index (χ0) is 18.7. The molecule has 26 heavy (non-hydrogen) atoms. The van der Waals surface area contributed by atoms with Gasteiger partial charge in [-0.15, -0.1) is 0 Å². The maximum atomic E-state index is 14.4. The molecule has 0 radical (unpaired) electrons. The fourth-order valence-electron chi connectivity index (χ4n) is 2.59. The molecule has 1 aliphatic heterocycles. The van der Waals surface area contributed by atoms with Gasteiger partial charge in [0.05, 0.1) is 19.5 Å². The van der Waals surface area contributed by atoms with Gasteiger partial charge in [-0.25, -0.2) is 19.4 Å². The van der Waals surface area contributed by atoms with Gasteiger partial charge in [0.2, 0.25) is 5.88 Å². The second-order valence-electron chi connectivity index (χ2n) is 5.88. The molecule has 1 atom stereocenters. The number of hydrogen-bond donors (Lipinski definition) is 1. The standard InChI is InChI=1S/C18H17FN4O2S/c1-18(5-6-26-17(20)23-18)12-7-11(3-4-13(12)19)8-15(24)14-9-22-16(25-2)10-21-14/h3-7,9-10H,8H2,1-2H3,(H2,20,23)/t18-/m0/s1. The van der Waals surface area contributed by atoms with E-state index in [0.29, 0.717) is 22.2 Å². The topological polar surface area (TPSA) is 90.5 Å². The molecule has 0 bridgehead atoms. The molecule has 0 aliphatic carbocycles. The number of Topliss-reactive ketones (excluding diaryl/α,β-unsaturated/α-hetero) is 1. The van der Waals surface area contributed by atoms with Crippen LogP contribution in [0.15, 0.2) is 47.1 Å². The lowest BCUT2D eigenvalue weighted by Gasteiger charge is -2.26. The first kappa shape index (κ1) is 18.1. The van der Waals surface area contributed by atoms with Gasteiger partial charge in [0.25, 0.3) is 0 Å². The second kappa shape index (κ2) is 7.25. The van der Waals surface area contributed by atoms with E-state index in [4.69, 9.17) is 10.5 Å². The number of aliphatic imine (C=N–C) groups is 1. The number of nitrogens with zero attached hydrogens (tertiary/aromatic N) is 3. The highest BCUT2D eigenvalue weighted by Crippen LogP contribution is 2.34. The molecule has 1 aliphatic rings. The van der Waals surface area contributed by atoms with Crippen LogP contribution in [0.25, 0.3) is 0 Å². The van der Waals surface area contributed by atoms with Gasteiger partial charge in [-0.1, -0.05) is 17.8 Å². The van der Waals surface area contributed by atoms with Gasteiger partial charge >= 0.3 is 0 Å². The Morgan fingerprint density at radius 2 is 2.15 bits per heavy atom. The number of ether oxygens (including phenoxy) is 1. The van der Waals surface area contributed by atoms with Crippen LogP contribution in [-0.4, -0.2) is 28.0 Å². The number of carbonyl (C=O) groups excluding carboxylic acids is 1. The SMILES string of the molecule is COc1cnc(C(=O)Cc2ccc(F)c([C@]3(C)C=CSC(N)=N3)c2)cn1. The van der Waals surface area contributed by atoms with Crippen molar-refractivity contribution in [3.63, 3.8) is 0 Å². The summed E-state index contributed by atoms with van der Waals surface area (Å²) in [5.41, 5.74) is 6.11. The van der Waals surface area contributed by atoms with E-state index in [1.807, 2.05) is 0 Å². The highest BCUT2D eigenvalue weighted by molar-refractivity contribution is 8.16. The Morgan fingerprint density at radius 1 is 1.35 bits per heavy atom. The van der Waals surface area contributed by atoms with Crippen molar-refractivity contribution >= 4 is 22.7 Å². The maximum Gasteiger partial charge on any atom is 0.232 e. The van der Waals surface area contributed by atoms with Gasteiger partial charge in [0.1, 0.15) is 17.1 Å². The normalized spacial score (nSPS) is 19.1. The average Bonchev–Trinajstić information content (AvgIpc) is 2.63. The number of aromatic nitrogens is 2. The quantitative estimate of drug-likeness (QED) is 0.812. The molecule has 0 amide bonds. The molecule has 0 spiro atoms. The third-order valence-corrected chi connectivity index (χ3v) is 4.59. The van der Waals surface area contributed by atoms with E-state index in [-0.39, 0.29) is 17.9 Å². The van der Waals surface area contributed by atoms with E-state index >= 15 is 0 Å². The third-order valence-electron chi connectivity index (χ3n) is 3.99.